The molecule has 4 aromatic rings. The second-order valence-electron chi connectivity index (χ2n) is 9.56. The van der Waals surface area contributed by atoms with E-state index in [1.807, 2.05) is 46.3 Å². The Kier molecular flexibility index (Phi) is 8.97. The van der Waals surface area contributed by atoms with Crippen LogP contribution < -0.4 is 9.64 Å². The predicted molar refractivity (Wildman–Crippen MR) is 157 cm³/mol. The normalized spacial score (nSPS) is 14.3. The molecular formula is C30H29Cl3N4O2. The van der Waals surface area contributed by atoms with Gasteiger partial charge in [-0.25, -0.2) is 4.98 Å². The number of aryl methyl sites for hydroxylation is 1. The van der Waals surface area contributed by atoms with E-state index < -0.39 is 0 Å². The van der Waals surface area contributed by atoms with Crippen LogP contribution in [0.25, 0.3) is 0 Å². The molecule has 1 aliphatic heterocycles. The van der Waals surface area contributed by atoms with Gasteiger partial charge < -0.3 is 19.1 Å². The van der Waals surface area contributed by atoms with Crippen LogP contribution in [-0.2, 0) is 13.0 Å². The van der Waals surface area contributed by atoms with E-state index in [-0.39, 0.29) is 12.0 Å². The minimum Gasteiger partial charge on any atom is -0.489 e. The van der Waals surface area contributed by atoms with Crippen molar-refractivity contribution in [2.24, 2.45) is 0 Å². The van der Waals surface area contributed by atoms with Gasteiger partial charge >= 0.3 is 0 Å². The average molecular weight is 584 g/mol. The number of amides is 1. The number of anilines is 1. The van der Waals surface area contributed by atoms with Gasteiger partial charge in [-0.3, -0.25) is 4.79 Å². The van der Waals surface area contributed by atoms with E-state index in [1.165, 1.54) is 5.56 Å². The largest absolute Gasteiger partial charge is 0.489 e. The molecule has 3 aromatic carbocycles. The number of benzene rings is 3. The summed E-state index contributed by atoms with van der Waals surface area (Å²) in [6, 6.07) is 21.1. The molecule has 0 saturated carbocycles. The number of nitrogens with zero attached hydrogens (tertiary/aromatic N) is 4. The minimum atomic E-state index is -0.0670. The first kappa shape index (κ1) is 27.4. The molecule has 202 valence electrons. The summed E-state index contributed by atoms with van der Waals surface area (Å²) < 4.78 is 8.47. The van der Waals surface area contributed by atoms with Gasteiger partial charge in [-0.05, 0) is 73.0 Å². The lowest BCUT2D eigenvalue weighted by Gasteiger charge is -2.36. The van der Waals surface area contributed by atoms with Crippen LogP contribution in [0.15, 0.2) is 85.5 Å². The topological polar surface area (TPSA) is 50.6 Å². The minimum absolute atomic E-state index is 0.0185. The molecule has 6 nitrogen and oxygen atoms in total. The van der Waals surface area contributed by atoms with Crippen LogP contribution in [0.3, 0.4) is 0 Å². The first-order valence-electron chi connectivity index (χ1n) is 12.9. The smallest absolute Gasteiger partial charge is 0.255 e. The maximum absolute atomic E-state index is 12.9. The summed E-state index contributed by atoms with van der Waals surface area (Å²) in [5, 5.41) is 1.64. The third-order valence-corrected chi connectivity index (χ3v) is 7.67. The number of carbonyl (C=O) groups is 1. The van der Waals surface area contributed by atoms with Crippen molar-refractivity contribution in [1.82, 2.24) is 14.5 Å². The lowest BCUT2D eigenvalue weighted by molar-refractivity contribution is 0.0747. The number of aromatic nitrogens is 2. The number of imidazole rings is 1. The van der Waals surface area contributed by atoms with Crippen LogP contribution >= 0.6 is 34.8 Å². The molecular weight excluding hydrogens is 555 g/mol. The Balaban J connectivity index is 1.18. The molecule has 1 unspecified atom stereocenters. The van der Waals surface area contributed by atoms with E-state index in [2.05, 4.69) is 34.1 Å². The molecule has 0 bridgehead atoms. The number of piperazine rings is 1. The van der Waals surface area contributed by atoms with E-state index in [0.29, 0.717) is 35.2 Å². The first-order chi connectivity index (χ1) is 18.9. The fourth-order valence-corrected chi connectivity index (χ4v) is 5.34. The third-order valence-electron chi connectivity index (χ3n) is 6.87. The van der Waals surface area contributed by atoms with Crippen molar-refractivity contribution in [1.29, 1.82) is 0 Å². The Bertz CT molecular complexity index is 1370. The van der Waals surface area contributed by atoms with Gasteiger partial charge in [0.05, 0.1) is 23.5 Å². The third kappa shape index (κ3) is 7.27. The lowest BCUT2D eigenvalue weighted by atomic mass is 10.1. The first-order valence-corrected chi connectivity index (χ1v) is 14.0. The van der Waals surface area contributed by atoms with Crippen molar-refractivity contribution in [2.45, 2.75) is 25.5 Å². The van der Waals surface area contributed by atoms with Crippen molar-refractivity contribution >= 4 is 46.4 Å². The zero-order chi connectivity index (χ0) is 27.2. The highest BCUT2D eigenvalue weighted by molar-refractivity contribution is 6.36. The van der Waals surface area contributed by atoms with Crippen molar-refractivity contribution in [3.8, 4) is 5.75 Å². The molecule has 1 amide bonds. The molecule has 0 aliphatic carbocycles. The summed E-state index contributed by atoms with van der Waals surface area (Å²) in [6.45, 7) is 3.42. The fraction of sp³-hybridized carbons (Fsp3) is 0.267. The Morgan fingerprint density at radius 1 is 0.897 bits per heavy atom. The van der Waals surface area contributed by atoms with Crippen molar-refractivity contribution < 1.29 is 9.53 Å². The maximum atomic E-state index is 12.9. The maximum Gasteiger partial charge on any atom is 0.255 e. The van der Waals surface area contributed by atoms with Gasteiger partial charge in [-0.1, -0.05) is 46.9 Å². The summed E-state index contributed by atoms with van der Waals surface area (Å²) in [5.74, 6) is 0.758. The van der Waals surface area contributed by atoms with Gasteiger partial charge in [0.25, 0.3) is 5.91 Å². The molecule has 1 fully saturated rings. The van der Waals surface area contributed by atoms with Crippen LogP contribution in [0.1, 0.15) is 22.3 Å². The summed E-state index contributed by atoms with van der Waals surface area (Å²) >= 11 is 18.3. The zero-order valence-corrected chi connectivity index (χ0v) is 23.6. The van der Waals surface area contributed by atoms with Gasteiger partial charge in [0.15, 0.2) is 0 Å². The molecule has 5 rings (SSSR count). The van der Waals surface area contributed by atoms with Gasteiger partial charge in [0.1, 0.15) is 11.9 Å². The standard InChI is InChI=1S/C30H29Cl3N4O2/c31-23-4-1-22(2-5-23)3-9-27(20-35-14-13-34-21-35)39-26-10-7-25(8-11-26)36-15-17-37(18-16-36)30(38)28-12-6-24(32)19-29(28)33/h1-2,4-8,10-14,19,21,27H,3,9,15-18,20H2. The molecule has 1 saturated heterocycles. The summed E-state index contributed by atoms with van der Waals surface area (Å²) in [7, 11) is 0. The molecule has 0 radical (unpaired) electrons. The SMILES string of the molecule is O=C(c1ccc(Cl)cc1Cl)N1CCN(c2ccc(OC(CCc3ccc(Cl)cc3)Cn3ccnc3)cc2)CC1. The molecule has 2 heterocycles. The molecule has 39 heavy (non-hydrogen) atoms. The highest BCUT2D eigenvalue weighted by Gasteiger charge is 2.24. The Morgan fingerprint density at radius 2 is 1.62 bits per heavy atom. The number of hydrogen-bond acceptors (Lipinski definition) is 4. The molecule has 0 N–H and O–H groups in total. The second kappa shape index (κ2) is 12.8. The van der Waals surface area contributed by atoms with Gasteiger partial charge in [0, 0.05) is 54.3 Å². The molecule has 1 aliphatic rings. The number of hydrogen-bond donors (Lipinski definition) is 0. The average Bonchev–Trinajstić information content (AvgIpc) is 3.46. The van der Waals surface area contributed by atoms with Gasteiger partial charge in [-0.2, -0.15) is 0 Å². The highest BCUT2D eigenvalue weighted by atomic mass is 35.5. The van der Waals surface area contributed by atoms with Crippen molar-refractivity contribution in [3.63, 3.8) is 0 Å². The van der Waals surface area contributed by atoms with E-state index in [4.69, 9.17) is 39.5 Å². The Morgan fingerprint density at radius 3 is 2.28 bits per heavy atom. The summed E-state index contributed by atoms with van der Waals surface area (Å²) in [4.78, 5) is 21.2. The lowest BCUT2D eigenvalue weighted by Crippen LogP contribution is -2.48. The van der Waals surface area contributed by atoms with Crippen LogP contribution in [0.4, 0.5) is 5.69 Å². The van der Waals surface area contributed by atoms with E-state index in [0.717, 1.165) is 42.4 Å². The second-order valence-corrected chi connectivity index (χ2v) is 10.8. The fourth-order valence-electron chi connectivity index (χ4n) is 4.73. The Labute approximate surface area is 243 Å². The molecule has 0 spiro atoms. The van der Waals surface area contributed by atoms with Crippen LogP contribution in [0.5, 0.6) is 5.75 Å². The van der Waals surface area contributed by atoms with Gasteiger partial charge in [-0.15, -0.1) is 0 Å². The number of halogens is 3. The summed E-state index contributed by atoms with van der Waals surface area (Å²) in [5.41, 5.74) is 2.81. The summed E-state index contributed by atoms with van der Waals surface area (Å²) in [6.07, 6.45) is 7.27. The Hall–Kier alpha value is -3.19. The monoisotopic (exact) mass is 582 g/mol. The van der Waals surface area contributed by atoms with Gasteiger partial charge in [0.2, 0.25) is 0 Å². The predicted octanol–water partition coefficient (Wildman–Crippen LogP) is 6.89. The molecule has 9 heteroatoms. The van der Waals surface area contributed by atoms with Crippen LogP contribution in [0.2, 0.25) is 15.1 Å². The number of carbonyl (C=O) groups excluding carboxylic acids is 1. The van der Waals surface area contributed by atoms with Crippen LogP contribution in [-0.4, -0.2) is 52.6 Å². The quantitative estimate of drug-likeness (QED) is 0.215. The van der Waals surface area contributed by atoms with E-state index in [9.17, 15) is 4.79 Å². The van der Waals surface area contributed by atoms with Crippen LogP contribution in [0, 0.1) is 0 Å². The molecule has 1 aromatic heterocycles. The zero-order valence-electron chi connectivity index (χ0n) is 21.3. The van der Waals surface area contributed by atoms with E-state index >= 15 is 0 Å². The van der Waals surface area contributed by atoms with Crippen molar-refractivity contribution in [2.75, 3.05) is 31.1 Å². The van der Waals surface area contributed by atoms with E-state index in [1.54, 1.807) is 24.4 Å². The van der Waals surface area contributed by atoms with Crippen molar-refractivity contribution in [3.05, 3.63) is 112 Å². The number of rotatable bonds is 9. The molecule has 1 atom stereocenters. The highest BCUT2D eigenvalue weighted by Crippen LogP contribution is 2.25. The number of ether oxygens (including phenoxy) is 1.